The number of unbranched alkanes of at least 4 members (excludes halogenated alkanes) is 2. The first-order chi connectivity index (χ1) is 9.34. The zero-order valence-corrected chi connectivity index (χ0v) is 10.8. The Morgan fingerprint density at radius 1 is 1.25 bits per heavy atom. The molecule has 0 atom stereocenters. The lowest BCUT2D eigenvalue weighted by molar-refractivity contribution is -0.137. The minimum atomic E-state index is -4.52. The first-order valence-corrected chi connectivity index (χ1v) is 6.24. The fraction of sp³-hybridized carbons (Fsp3) is 0.462. The highest BCUT2D eigenvalue weighted by Crippen LogP contribution is 2.34. The number of halogens is 3. The molecule has 0 aromatic heterocycles. The van der Waals surface area contributed by atoms with Crippen LogP contribution < -0.4 is 11.1 Å². The van der Waals surface area contributed by atoms with Crippen LogP contribution in [-0.2, 0) is 11.0 Å². The zero-order chi connectivity index (χ0) is 15.2. The monoisotopic (exact) mass is 290 g/mol. The molecule has 0 saturated carbocycles. The van der Waals surface area contributed by atoms with E-state index in [1.54, 1.807) is 0 Å². The van der Waals surface area contributed by atoms with Crippen molar-refractivity contribution < 1.29 is 23.1 Å². The third-order valence-corrected chi connectivity index (χ3v) is 2.71. The molecule has 20 heavy (non-hydrogen) atoms. The van der Waals surface area contributed by atoms with E-state index in [0.29, 0.717) is 19.0 Å². The second-order valence-electron chi connectivity index (χ2n) is 4.38. The van der Waals surface area contributed by atoms with Crippen molar-refractivity contribution in [3.63, 3.8) is 0 Å². The molecular formula is C13H17F3N2O2. The Balaban J connectivity index is 2.65. The lowest BCUT2D eigenvalue weighted by Crippen LogP contribution is -2.13. The summed E-state index contributed by atoms with van der Waals surface area (Å²) in [5, 5.41) is 11.7. The van der Waals surface area contributed by atoms with E-state index in [1.165, 1.54) is 0 Å². The number of benzene rings is 1. The summed E-state index contributed by atoms with van der Waals surface area (Å²) in [5.41, 5.74) is 4.15. The summed E-state index contributed by atoms with van der Waals surface area (Å²) in [4.78, 5) is 11.6. The normalized spacial score (nSPS) is 11.4. The molecule has 0 heterocycles. The number of nitrogens with one attached hydrogen (secondary N) is 1. The maximum absolute atomic E-state index is 12.5. The summed E-state index contributed by atoms with van der Waals surface area (Å²) in [6.45, 7) is 0.538. The number of alkyl halides is 3. The highest BCUT2D eigenvalue weighted by molar-refractivity contribution is 5.92. The van der Waals surface area contributed by atoms with Crippen molar-refractivity contribution in [2.24, 2.45) is 5.73 Å². The topological polar surface area (TPSA) is 75.4 Å². The van der Waals surface area contributed by atoms with Gasteiger partial charge in [-0.05, 0) is 37.6 Å². The molecule has 0 aliphatic heterocycles. The van der Waals surface area contributed by atoms with Crippen molar-refractivity contribution in [3.8, 4) is 5.75 Å². The van der Waals surface area contributed by atoms with Crippen molar-refractivity contribution in [1.82, 2.24) is 0 Å². The number of nitrogens with two attached hydrogens (primary N) is 1. The Kier molecular flexibility index (Phi) is 5.82. The molecular weight excluding hydrogens is 273 g/mol. The predicted octanol–water partition coefficient (Wildman–Crippen LogP) is 2.87. The third kappa shape index (κ3) is 5.08. The highest BCUT2D eigenvalue weighted by Gasteiger charge is 2.31. The number of hydrogen-bond acceptors (Lipinski definition) is 3. The second kappa shape index (κ2) is 7.14. The van der Waals surface area contributed by atoms with Gasteiger partial charge in [0, 0.05) is 6.42 Å². The first-order valence-electron chi connectivity index (χ1n) is 6.24. The smallest absolute Gasteiger partial charge is 0.416 e. The van der Waals surface area contributed by atoms with Gasteiger partial charge in [0.1, 0.15) is 5.75 Å². The Hall–Kier alpha value is -1.76. The highest BCUT2D eigenvalue weighted by atomic mass is 19.4. The average molecular weight is 290 g/mol. The molecule has 0 unspecified atom stereocenters. The molecule has 112 valence electrons. The van der Waals surface area contributed by atoms with E-state index in [2.05, 4.69) is 5.32 Å². The number of aromatic hydroxyl groups is 1. The number of rotatable bonds is 6. The number of carbonyl (C=O) groups is 1. The van der Waals surface area contributed by atoms with Gasteiger partial charge in [0.05, 0.1) is 11.3 Å². The lowest BCUT2D eigenvalue weighted by atomic mass is 10.1. The van der Waals surface area contributed by atoms with Crippen LogP contribution in [0.15, 0.2) is 18.2 Å². The van der Waals surface area contributed by atoms with E-state index in [4.69, 9.17) is 5.73 Å². The fourth-order valence-electron chi connectivity index (χ4n) is 1.63. The average Bonchev–Trinajstić information content (AvgIpc) is 2.36. The summed E-state index contributed by atoms with van der Waals surface area (Å²) < 4.78 is 37.6. The van der Waals surface area contributed by atoms with Crippen LogP contribution in [0.5, 0.6) is 5.75 Å². The van der Waals surface area contributed by atoms with Crippen LogP contribution in [0.4, 0.5) is 18.9 Å². The minimum absolute atomic E-state index is 0.176. The maximum atomic E-state index is 12.5. The molecule has 4 N–H and O–H groups in total. The molecule has 1 rings (SSSR count). The molecule has 0 aliphatic carbocycles. The van der Waals surface area contributed by atoms with Gasteiger partial charge in [0.25, 0.3) is 0 Å². The van der Waals surface area contributed by atoms with E-state index in [1.807, 2.05) is 0 Å². The zero-order valence-electron chi connectivity index (χ0n) is 10.8. The number of carbonyl (C=O) groups excluding carboxylic acids is 1. The largest absolute Gasteiger partial charge is 0.506 e. The second-order valence-corrected chi connectivity index (χ2v) is 4.38. The first kappa shape index (κ1) is 16.3. The molecule has 0 spiro atoms. The summed E-state index contributed by atoms with van der Waals surface area (Å²) in [6.07, 6.45) is -2.17. The Morgan fingerprint density at radius 3 is 2.55 bits per heavy atom. The van der Waals surface area contributed by atoms with Gasteiger partial charge in [-0.2, -0.15) is 13.2 Å². The summed E-state index contributed by atoms with van der Waals surface area (Å²) >= 11 is 0. The maximum Gasteiger partial charge on any atom is 0.416 e. The van der Waals surface area contributed by atoms with Gasteiger partial charge < -0.3 is 16.2 Å². The van der Waals surface area contributed by atoms with E-state index < -0.39 is 23.4 Å². The predicted molar refractivity (Wildman–Crippen MR) is 69.3 cm³/mol. The SMILES string of the molecule is NCCCCCC(=O)Nc1cc(C(F)(F)F)ccc1O. The minimum Gasteiger partial charge on any atom is -0.506 e. The molecule has 0 fully saturated rings. The molecule has 0 radical (unpaired) electrons. The van der Waals surface area contributed by atoms with Gasteiger partial charge in [0.15, 0.2) is 0 Å². The molecule has 4 nitrogen and oxygen atoms in total. The van der Waals surface area contributed by atoms with Gasteiger partial charge in [-0.1, -0.05) is 6.42 Å². The van der Waals surface area contributed by atoms with E-state index in [-0.39, 0.29) is 12.1 Å². The molecule has 1 aromatic carbocycles. The Bertz CT molecular complexity index is 461. The number of phenolic OH excluding ortho intramolecular Hbond substituents is 1. The molecule has 7 heteroatoms. The molecule has 1 amide bonds. The summed E-state index contributed by atoms with van der Waals surface area (Å²) in [7, 11) is 0. The Labute approximate surface area is 114 Å². The van der Waals surface area contributed by atoms with Gasteiger partial charge in [-0.15, -0.1) is 0 Å². The summed E-state index contributed by atoms with van der Waals surface area (Å²) in [6, 6.07) is 2.38. The number of amides is 1. The molecule has 0 aliphatic rings. The van der Waals surface area contributed by atoms with Crippen LogP contribution in [0, 0.1) is 0 Å². The van der Waals surface area contributed by atoms with Crippen LogP contribution in [-0.4, -0.2) is 17.6 Å². The van der Waals surface area contributed by atoms with E-state index >= 15 is 0 Å². The third-order valence-electron chi connectivity index (χ3n) is 2.71. The van der Waals surface area contributed by atoms with Crippen LogP contribution in [0.25, 0.3) is 0 Å². The van der Waals surface area contributed by atoms with Crippen molar-refractivity contribution in [2.45, 2.75) is 31.9 Å². The van der Waals surface area contributed by atoms with Crippen LogP contribution in [0.2, 0.25) is 0 Å². The van der Waals surface area contributed by atoms with Crippen molar-refractivity contribution >= 4 is 11.6 Å². The van der Waals surface area contributed by atoms with Crippen LogP contribution in [0.1, 0.15) is 31.2 Å². The van der Waals surface area contributed by atoms with Gasteiger partial charge >= 0.3 is 6.18 Å². The van der Waals surface area contributed by atoms with Crippen molar-refractivity contribution in [2.75, 3.05) is 11.9 Å². The molecule has 1 aromatic rings. The van der Waals surface area contributed by atoms with Crippen molar-refractivity contribution in [1.29, 1.82) is 0 Å². The number of anilines is 1. The lowest BCUT2D eigenvalue weighted by Gasteiger charge is -2.11. The van der Waals surface area contributed by atoms with Crippen molar-refractivity contribution in [3.05, 3.63) is 23.8 Å². The quantitative estimate of drug-likeness (QED) is 0.557. The molecule has 0 bridgehead atoms. The number of phenols is 1. The summed E-state index contributed by atoms with van der Waals surface area (Å²) in [5.74, 6) is -0.829. The van der Waals surface area contributed by atoms with Crippen LogP contribution >= 0.6 is 0 Å². The van der Waals surface area contributed by atoms with E-state index in [9.17, 15) is 23.1 Å². The standard InChI is InChI=1S/C13H17F3N2O2/c14-13(15,16)9-5-6-11(19)10(8-9)18-12(20)4-2-1-3-7-17/h5-6,8,19H,1-4,7,17H2,(H,18,20). The number of hydrogen-bond donors (Lipinski definition) is 3. The Morgan fingerprint density at radius 2 is 1.95 bits per heavy atom. The molecule has 0 saturated heterocycles. The van der Waals surface area contributed by atoms with Gasteiger partial charge in [0.2, 0.25) is 5.91 Å². The van der Waals surface area contributed by atoms with Gasteiger partial charge in [-0.3, -0.25) is 4.79 Å². The van der Waals surface area contributed by atoms with Crippen LogP contribution in [0.3, 0.4) is 0 Å². The van der Waals surface area contributed by atoms with Gasteiger partial charge in [-0.25, -0.2) is 0 Å². The fourth-order valence-corrected chi connectivity index (χ4v) is 1.63. The van der Waals surface area contributed by atoms with E-state index in [0.717, 1.165) is 25.0 Å².